The van der Waals surface area contributed by atoms with Gasteiger partial charge in [0.15, 0.2) is 5.78 Å². The third-order valence-electron chi connectivity index (χ3n) is 9.77. The molecule has 0 amide bonds. The van der Waals surface area contributed by atoms with E-state index >= 15 is 0 Å². The first-order valence-electron chi connectivity index (χ1n) is 14.9. The van der Waals surface area contributed by atoms with Gasteiger partial charge in [0.1, 0.15) is 35.4 Å². The quantitative estimate of drug-likeness (QED) is 0.263. The van der Waals surface area contributed by atoms with Crippen molar-refractivity contribution in [2.24, 2.45) is 17.8 Å². The number of carboxylic acid groups (broad SMARTS) is 1. The number of fused-ring (bicyclic) bond motifs is 4. The van der Waals surface area contributed by atoms with Gasteiger partial charge in [-0.05, 0) is 80.4 Å². The first kappa shape index (κ1) is 30.7. The van der Waals surface area contributed by atoms with Crippen molar-refractivity contribution in [2.75, 3.05) is 0 Å². The number of Topliss-reactive ketones (excluding diaryl/α,β-unsaturated/α-hetero) is 1. The monoisotopic (exact) mass is 586 g/mol. The van der Waals surface area contributed by atoms with E-state index in [0.717, 1.165) is 31.7 Å². The van der Waals surface area contributed by atoms with Crippen LogP contribution in [0.5, 0.6) is 11.5 Å². The molecule has 10 nitrogen and oxygen atoms in total. The molecule has 10 heteroatoms. The van der Waals surface area contributed by atoms with Gasteiger partial charge in [0.25, 0.3) is 0 Å². The number of carbonyl (C=O) groups excluding carboxylic acids is 1. The summed E-state index contributed by atoms with van der Waals surface area (Å²) in [5.41, 5.74) is -3.13. The maximum atomic E-state index is 12.3. The highest BCUT2D eigenvalue weighted by molar-refractivity contribution is 6.08. The molecule has 0 bridgehead atoms. The highest BCUT2D eigenvalue weighted by Gasteiger charge is 2.68. The number of rotatable bonds is 7. The molecule has 6 N–H and O–H groups in total. The summed E-state index contributed by atoms with van der Waals surface area (Å²) in [6.07, 6.45) is -1.93. The molecule has 2 aromatic rings. The van der Waals surface area contributed by atoms with Crippen LogP contribution in [0.15, 0.2) is 18.2 Å². The van der Waals surface area contributed by atoms with Crippen LogP contribution in [0.1, 0.15) is 92.0 Å². The Bertz CT molecular complexity index is 1380. The number of hydrogen-bond acceptors (Lipinski definition) is 9. The maximum Gasteiger partial charge on any atom is 0.335 e. The van der Waals surface area contributed by atoms with Crippen molar-refractivity contribution in [1.82, 2.24) is 0 Å². The van der Waals surface area contributed by atoms with Gasteiger partial charge in [0.2, 0.25) is 6.29 Å². The number of aryl methyl sites for hydroxylation is 1. The second-order valence-electron chi connectivity index (χ2n) is 13.1. The lowest BCUT2D eigenvalue weighted by atomic mass is 9.53. The normalized spacial score (nSPS) is 34.6. The Kier molecular flexibility index (Phi) is 8.08. The lowest BCUT2D eigenvalue weighted by Gasteiger charge is -2.62. The molecule has 2 aliphatic carbocycles. The van der Waals surface area contributed by atoms with E-state index in [0.29, 0.717) is 24.3 Å². The van der Waals surface area contributed by atoms with Crippen LogP contribution in [0.4, 0.5) is 0 Å². The average Bonchev–Trinajstić information content (AvgIpc) is 2.90. The number of ether oxygens (including phenoxy) is 2. The van der Waals surface area contributed by atoms with Crippen LogP contribution in [0.2, 0.25) is 0 Å². The number of aromatic carboxylic acids is 1. The number of carboxylic acids is 1. The van der Waals surface area contributed by atoms with Gasteiger partial charge in [0, 0.05) is 0 Å². The van der Waals surface area contributed by atoms with E-state index in [2.05, 4.69) is 13.8 Å². The Morgan fingerprint density at radius 1 is 1.12 bits per heavy atom. The van der Waals surface area contributed by atoms with Crippen molar-refractivity contribution in [3.8, 4) is 11.5 Å². The molecule has 1 aliphatic heterocycles. The Hall–Kier alpha value is -2.76. The van der Waals surface area contributed by atoms with Crippen LogP contribution in [0, 0.1) is 24.7 Å². The van der Waals surface area contributed by atoms with Gasteiger partial charge in [-0.3, -0.25) is 4.79 Å². The summed E-state index contributed by atoms with van der Waals surface area (Å²) >= 11 is 0. The molecule has 3 aliphatic rings. The Morgan fingerprint density at radius 3 is 2.48 bits per heavy atom. The Morgan fingerprint density at radius 2 is 1.83 bits per heavy atom. The minimum absolute atomic E-state index is 0.0357. The SMILES string of the molecule is CC(=O)c1c(C)cc2cc(C(=O)O)cc(O[C@H]3O[C@@H]4[C@]5(O)CCCC[C@H]5[C@@H](CCC(C)C)C[C@@]4(O)[C@H](O)[C@H]3O)c2c1O. The standard InChI is InChI=1S/C32H42O10/c1-15(2)8-9-18-14-32(40)27(36)26(35)29(42-30(32)31(39)10-6-5-7-21(18)31)41-22-13-20(28(37)38)12-19-11-16(3)23(17(4)33)25(34)24(19)22/h11-13,15,18,21,26-27,29-30,34-36,39-40H,5-10,14H2,1-4H3,(H,37,38)/t18-,21-,26+,27+,29-,30+,31-,32+/m0/s1. The Labute approximate surface area is 244 Å². The van der Waals surface area contributed by atoms with Crippen molar-refractivity contribution in [1.29, 1.82) is 0 Å². The summed E-state index contributed by atoms with van der Waals surface area (Å²) in [6.45, 7) is 7.14. The molecular formula is C32H42O10. The molecule has 1 saturated heterocycles. The van der Waals surface area contributed by atoms with Gasteiger partial charge in [-0.25, -0.2) is 4.79 Å². The van der Waals surface area contributed by atoms with Crippen LogP contribution in [-0.4, -0.2) is 78.2 Å². The van der Waals surface area contributed by atoms with Crippen molar-refractivity contribution >= 4 is 22.5 Å². The number of ketones is 1. The van der Waals surface area contributed by atoms with Gasteiger partial charge in [-0.2, -0.15) is 0 Å². The van der Waals surface area contributed by atoms with E-state index in [1.54, 1.807) is 13.0 Å². The van der Waals surface area contributed by atoms with E-state index in [-0.39, 0.29) is 45.9 Å². The number of hydrogen-bond donors (Lipinski definition) is 6. The summed E-state index contributed by atoms with van der Waals surface area (Å²) in [7, 11) is 0. The number of aromatic hydroxyl groups is 1. The van der Waals surface area contributed by atoms with Gasteiger partial charge in [-0.1, -0.05) is 39.2 Å². The zero-order valence-electron chi connectivity index (χ0n) is 24.5. The zero-order valence-corrected chi connectivity index (χ0v) is 24.5. The summed E-state index contributed by atoms with van der Waals surface area (Å²) in [6, 6.07) is 4.04. The molecule has 2 aromatic carbocycles. The van der Waals surface area contributed by atoms with Crippen LogP contribution < -0.4 is 4.74 Å². The number of aliphatic hydroxyl groups is 4. The molecule has 0 radical (unpaired) electrons. The van der Waals surface area contributed by atoms with Crippen molar-refractivity contribution < 1.29 is 49.7 Å². The second-order valence-corrected chi connectivity index (χ2v) is 13.1. The van der Waals surface area contributed by atoms with Crippen LogP contribution >= 0.6 is 0 Å². The number of benzene rings is 2. The van der Waals surface area contributed by atoms with E-state index in [4.69, 9.17) is 9.47 Å². The molecule has 2 saturated carbocycles. The van der Waals surface area contributed by atoms with Gasteiger partial charge in [0.05, 0.1) is 22.1 Å². The predicted octanol–water partition coefficient (Wildman–Crippen LogP) is 3.69. The molecular weight excluding hydrogens is 544 g/mol. The van der Waals surface area contributed by atoms with E-state index in [9.17, 15) is 40.2 Å². The highest BCUT2D eigenvalue weighted by atomic mass is 16.7. The largest absolute Gasteiger partial charge is 0.506 e. The average molecular weight is 587 g/mol. The molecule has 0 spiro atoms. The van der Waals surface area contributed by atoms with Gasteiger partial charge < -0.3 is 40.1 Å². The zero-order chi connectivity index (χ0) is 30.7. The summed E-state index contributed by atoms with van der Waals surface area (Å²) in [5.74, 6) is -2.12. The van der Waals surface area contributed by atoms with Crippen LogP contribution in [-0.2, 0) is 4.74 Å². The molecule has 8 atom stereocenters. The number of aliphatic hydroxyl groups excluding tert-OH is 2. The first-order chi connectivity index (χ1) is 19.7. The maximum absolute atomic E-state index is 12.3. The van der Waals surface area contributed by atoms with Crippen molar-refractivity contribution in [3.05, 3.63) is 34.9 Å². The lowest BCUT2D eigenvalue weighted by Crippen LogP contribution is -2.77. The molecule has 1 heterocycles. The minimum atomic E-state index is -1.95. The number of carbonyl (C=O) groups is 2. The fourth-order valence-corrected chi connectivity index (χ4v) is 7.81. The van der Waals surface area contributed by atoms with E-state index < -0.39 is 53.3 Å². The first-order valence-corrected chi connectivity index (χ1v) is 14.9. The highest BCUT2D eigenvalue weighted by Crippen LogP contribution is 2.56. The smallest absolute Gasteiger partial charge is 0.335 e. The van der Waals surface area contributed by atoms with Crippen LogP contribution in [0.3, 0.4) is 0 Å². The van der Waals surface area contributed by atoms with Crippen LogP contribution in [0.25, 0.3) is 10.8 Å². The van der Waals surface area contributed by atoms with E-state index in [1.807, 2.05) is 0 Å². The fraction of sp³-hybridized carbons (Fsp3) is 0.625. The molecule has 5 rings (SSSR count). The van der Waals surface area contributed by atoms with Crippen molar-refractivity contribution in [3.63, 3.8) is 0 Å². The lowest BCUT2D eigenvalue weighted by molar-refractivity contribution is -0.368. The Balaban J connectivity index is 1.57. The van der Waals surface area contributed by atoms with Crippen molar-refractivity contribution in [2.45, 2.75) is 108 Å². The fourth-order valence-electron chi connectivity index (χ4n) is 7.81. The topological polar surface area (TPSA) is 174 Å². The number of phenolic OH excluding ortho intramolecular Hbond substituents is 1. The third-order valence-corrected chi connectivity index (χ3v) is 9.77. The van der Waals surface area contributed by atoms with E-state index in [1.165, 1.54) is 13.0 Å². The second kappa shape index (κ2) is 11.1. The molecule has 3 fully saturated rings. The third kappa shape index (κ3) is 4.97. The minimum Gasteiger partial charge on any atom is -0.506 e. The summed E-state index contributed by atoms with van der Waals surface area (Å²) in [4.78, 5) is 24.3. The molecule has 42 heavy (non-hydrogen) atoms. The molecule has 0 aromatic heterocycles. The molecule has 230 valence electrons. The van der Waals surface area contributed by atoms with Gasteiger partial charge >= 0.3 is 5.97 Å². The van der Waals surface area contributed by atoms with Gasteiger partial charge in [-0.15, -0.1) is 0 Å². The predicted molar refractivity (Wildman–Crippen MR) is 153 cm³/mol. The summed E-state index contributed by atoms with van der Waals surface area (Å²) < 4.78 is 12.2. The molecule has 0 unspecified atom stereocenters. The number of phenols is 1. The summed E-state index contributed by atoms with van der Waals surface area (Å²) in [5, 5.41) is 67.8.